The van der Waals surface area contributed by atoms with Gasteiger partial charge in [0, 0.05) is 7.05 Å². The molecular formula is C15H15N3O2. The molecule has 0 bridgehead atoms. The van der Waals surface area contributed by atoms with Crippen molar-refractivity contribution in [2.24, 2.45) is 10.8 Å². The maximum atomic E-state index is 10.8. The van der Waals surface area contributed by atoms with E-state index in [2.05, 4.69) is 5.10 Å². The largest absolute Gasteiger partial charge is 0.457 e. The lowest BCUT2D eigenvalue weighted by atomic mass is 10.2. The number of ether oxygens (including phenoxy) is 1. The van der Waals surface area contributed by atoms with Crippen molar-refractivity contribution in [3.63, 3.8) is 0 Å². The number of para-hydroxylation sites is 1. The first-order valence-corrected chi connectivity index (χ1v) is 6.05. The maximum Gasteiger partial charge on any atom is 0.334 e. The van der Waals surface area contributed by atoms with Crippen molar-refractivity contribution >= 4 is 12.2 Å². The lowest BCUT2D eigenvalue weighted by Crippen LogP contribution is -2.27. The quantitative estimate of drug-likeness (QED) is 0.685. The van der Waals surface area contributed by atoms with Crippen molar-refractivity contribution in [2.75, 3.05) is 7.05 Å². The minimum absolute atomic E-state index is 0.606. The SMILES string of the molecule is CN(N=Cc1ccc(Oc2ccccc2)cc1)C(N)=O. The van der Waals surface area contributed by atoms with Crippen LogP contribution in [0.3, 0.4) is 0 Å². The van der Waals surface area contributed by atoms with E-state index in [4.69, 9.17) is 10.5 Å². The van der Waals surface area contributed by atoms with Crippen molar-refractivity contribution < 1.29 is 9.53 Å². The molecule has 0 heterocycles. The lowest BCUT2D eigenvalue weighted by molar-refractivity contribution is 0.220. The van der Waals surface area contributed by atoms with Crippen LogP contribution in [0.2, 0.25) is 0 Å². The van der Waals surface area contributed by atoms with Gasteiger partial charge in [0.2, 0.25) is 0 Å². The molecule has 0 atom stereocenters. The first-order chi connectivity index (χ1) is 9.65. The molecule has 2 rings (SSSR count). The molecule has 0 radical (unpaired) electrons. The van der Waals surface area contributed by atoms with Gasteiger partial charge in [-0.3, -0.25) is 0 Å². The highest BCUT2D eigenvalue weighted by molar-refractivity contribution is 5.81. The van der Waals surface area contributed by atoms with Gasteiger partial charge in [-0.15, -0.1) is 0 Å². The van der Waals surface area contributed by atoms with Crippen LogP contribution in [0.25, 0.3) is 0 Å². The van der Waals surface area contributed by atoms with E-state index in [1.165, 1.54) is 7.05 Å². The zero-order valence-corrected chi connectivity index (χ0v) is 11.1. The van der Waals surface area contributed by atoms with Gasteiger partial charge in [-0.2, -0.15) is 5.10 Å². The van der Waals surface area contributed by atoms with Crippen LogP contribution in [0.5, 0.6) is 11.5 Å². The molecule has 2 N–H and O–H groups in total. The van der Waals surface area contributed by atoms with Crippen LogP contribution in [0.1, 0.15) is 5.56 Å². The van der Waals surface area contributed by atoms with Gasteiger partial charge in [0.25, 0.3) is 0 Å². The second-order valence-electron chi connectivity index (χ2n) is 4.09. The van der Waals surface area contributed by atoms with E-state index >= 15 is 0 Å². The Kier molecular flexibility index (Phi) is 4.34. The predicted molar refractivity (Wildman–Crippen MR) is 77.9 cm³/mol. The number of hydrogen-bond donors (Lipinski definition) is 1. The van der Waals surface area contributed by atoms with Crippen LogP contribution in [0, 0.1) is 0 Å². The maximum absolute atomic E-state index is 10.8. The molecule has 0 aliphatic carbocycles. The van der Waals surface area contributed by atoms with Crippen molar-refractivity contribution in [3.05, 3.63) is 60.2 Å². The molecule has 0 unspecified atom stereocenters. The number of hydrazone groups is 1. The summed E-state index contributed by atoms with van der Waals surface area (Å²) in [6.07, 6.45) is 1.55. The average molecular weight is 269 g/mol. The van der Waals surface area contributed by atoms with E-state index in [0.717, 1.165) is 22.1 Å². The molecule has 0 aliphatic rings. The number of amides is 2. The monoisotopic (exact) mass is 269 g/mol. The normalized spacial score (nSPS) is 10.4. The van der Waals surface area contributed by atoms with Gasteiger partial charge in [0.1, 0.15) is 11.5 Å². The number of carbonyl (C=O) groups is 1. The van der Waals surface area contributed by atoms with Gasteiger partial charge in [-0.25, -0.2) is 9.80 Å². The minimum Gasteiger partial charge on any atom is -0.457 e. The van der Waals surface area contributed by atoms with Gasteiger partial charge in [-0.05, 0) is 42.0 Å². The van der Waals surface area contributed by atoms with Gasteiger partial charge in [0.15, 0.2) is 0 Å². The van der Waals surface area contributed by atoms with Crippen LogP contribution in [-0.2, 0) is 0 Å². The summed E-state index contributed by atoms with van der Waals surface area (Å²) in [5.74, 6) is 1.51. The fraction of sp³-hybridized carbons (Fsp3) is 0.0667. The second kappa shape index (κ2) is 6.38. The Morgan fingerprint density at radius 3 is 2.30 bits per heavy atom. The van der Waals surface area contributed by atoms with Crippen molar-refractivity contribution in [3.8, 4) is 11.5 Å². The van der Waals surface area contributed by atoms with Gasteiger partial charge < -0.3 is 10.5 Å². The summed E-state index contributed by atoms with van der Waals surface area (Å²) in [4.78, 5) is 10.8. The molecule has 5 heteroatoms. The third kappa shape index (κ3) is 3.84. The second-order valence-corrected chi connectivity index (χ2v) is 4.09. The van der Waals surface area contributed by atoms with E-state index in [0.29, 0.717) is 0 Å². The number of rotatable bonds is 4. The zero-order valence-electron chi connectivity index (χ0n) is 11.1. The van der Waals surface area contributed by atoms with E-state index < -0.39 is 6.03 Å². The van der Waals surface area contributed by atoms with E-state index in [9.17, 15) is 4.79 Å². The molecule has 20 heavy (non-hydrogen) atoms. The van der Waals surface area contributed by atoms with Gasteiger partial charge in [-0.1, -0.05) is 18.2 Å². The third-order valence-electron chi connectivity index (χ3n) is 2.56. The Bertz CT molecular complexity index is 594. The molecule has 0 saturated heterocycles. The average Bonchev–Trinajstić information content (AvgIpc) is 2.47. The molecule has 2 amide bonds. The Morgan fingerprint density at radius 1 is 1.10 bits per heavy atom. The summed E-state index contributed by atoms with van der Waals surface area (Å²) in [5, 5.41) is 4.96. The first kappa shape index (κ1) is 13.6. The van der Waals surface area contributed by atoms with Crippen LogP contribution >= 0.6 is 0 Å². The van der Waals surface area contributed by atoms with E-state index in [1.54, 1.807) is 6.21 Å². The van der Waals surface area contributed by atoms with Crippen LogP contribution in [0.4, 0.5) is 4.79 Å². The molecule has 2 aromatic carbocycles. The molecule has 0 aromatic heterocycles. The van der Waals surface area contributed by atoms with E-state index in [1.807, 2.05) is 54.6 Å². The fourth-order valence-electron chi connectivity index (χ4n) is 1.46. The molecule has 2 aromatic rings. The highest BCUT2D eigenvalue weighted by Gasteiger charge is 1.99. The summed E-state index contributed by atoms with van der Waals surface area (Å²) in [7, 11) is 1.49. The Hall–Kier alpha value is -2.82. The number of nitrogens with zero attached hydrogens (tertiary/aromatic N) is 2. The molecule has 0 spiro atoms. The Balaban J connectivity index is 2.01. The zero-order chi connectivity index (χ0) is 14.4. The topological polar surface area (TPSA) is 67.9 Å². The van der Waals surface area contributed by atoms with Gasteiger partial charge in [0.05, 0.1) is 6.21 Å². The van der Waals surface area contributed by atoms with Crippen molar-refractivity contribution in [2.45, 2.75) is 0 Å². The number of benzene rings is 2. The number of hydrogen-bond acceptors (Lipinski definition) is 3. The fourth-order valence-corrected chi connectivity index (χ4v) is 1.46. The minimum atomic E-state index is -0.606. The summed E-state index contributed by atoms with van der Waals surface area (Å²) < 4.78 is 5.67. The first-order valence-electron chi connectivity index (χ1n) is 6.05. The molecule has 5 nitrogen and oxygen atoms in total. The number of nitrogens with two attached hydrogens (primary N) is 1. The van der Waals surface area contributed by atoms with Crippen LogP contribution in [-0.4, -0.2) is 24.3 Å². The Labute approximate surface area is 117 Å². The van der Waals surface area contributed by atoms with Crippen molar-refractivity contribution in [1.29, 1.82) is 0 Å². The molecule has 102 valence electrons. The van der Waals surface area contributed by atoms with Crippen molar-refractivity contribution in [1.82, 2.24) is 5.01 Å². The summed E-state index contributed by atoms with van der Waals surface area (Å²) >= 11 is 0. The lowest BCUT2D eigenvalue weighted by Gasteiger charge is -2.07. The highest BCUT2D eigenvalue weighted by atomic mass is 16.5. The number of carbonyl (C=O) groups excluding carboxylic acids is 1. The van der Waals surface area contributed by atoms with E-state index in [-0.39, 0.29) is 0 Å². The standard InChI is InChI=1S/C15H15N3O2/c1-18(15(16)19)17-11-12-7-9-14(10-8-12)20-13-5-3-2-4-6-13/h2-11H,1H3,(H2,16,19). The van der Waals surface area contributed by atoms with Gasteiger partial charge >= 0.3 is 6.03 Å². The summed E-state index contributed by atoms with van der Waals surface area (Å²) in [6.45, 7) is 0. The Morgan fingerprint density at radius 2 is 1.70 bits per heavy atom. The molecule has 0 saturated carbocycles. The number of primary amides is 1. The highest BCUT2D eigenvalue weighted by Crippen LogP contribution is 2.20. The van der Waals surface area contributed by atoms with Crippen LogP contribution < -0.4 is 10.5 Å². The van der Waals surface area contributed by atoms with Crippen LogP contribution in [0.15, 0.2) is 59.7 Å². The predicted octanol–water partition coefficient (Wildman–Crippen LogP) is 2.82. The summed E-state index contributed by atoms with van der Waals surface area (Å²) in [6, 6.07) is 16.3. The number of urea groups is 1. The third-order valence-corrected chi connectivity index (χ3v) is 2.56. The summed E-state index contributed by atoms with van der Waals surface area (Å²) in [5.41, 5.74) is 5.91. The smallest absolute Gasteiger partial charge is 0.334 e. The molecular weight excluding hydrogens is 254 g/mol. The molecule has 0 aliphatic heterocycles. The molecule has 0 fully saturated rings.